The van der Waals surface area contributed by atoms with Gasteiger partial charge in [0.1, 0.15) is 12.6 Å². The van der Waals surface area contributed by atoms with E-state index in [0.29, 0.717) is 27.6 Å². The predicted octanol–water partition coefficient (Wildman–Crippen LogP) is 3.86. The Morgan fingerprint density at radius 1 is 0.960 bits per heavy atom. The number of nitrogens with one attached hydrogen (secondary N) is 3. The Morgan fingerprint density at radius 2 is 1.54 bits per heavy atom. The van der Waals surface area contributed by atoms with E-state index in [2.05, 4.69) is 20.9 Å². The zero-order chi connectivity index (χ0) is 36.7. The molecule has 5 rings (SSSR count). The van der Waals surface area contributed by atoms with Crippen LogP contribution in [0.15, 0.2) is 72.8 Å². The molecule has 2 atom stereocenters. The average Bonchev–Trinajstić information content (AvgIpc) is 3.45. The number of para-hydroxylation sites is 3. The fraction of sp³-hybridized carbons (Fsp3) is 0.242. The molecule has 0 aliphatic carbocycles. The number of carbonyl (C=O) groups is 6. The lowest BCUT2D eigenvalue weighted by Gasteiger charge is -2.26. The molecular formula is C33H31F3N6O7S. The molecule has 1 aromatic heterocycles. The molecule has 0 unspecified atom stereocenters. The number of nitrogens with zero attached hydrogens (tertiary/aromatic N) is 3. The summed E-state index contributed by atoms with van der Waals surface area (Å²) < 4.78 is 32.6. The number of Topliss-reactive ketones (excluding diaryl/α,β-unsaturated/α-hetero) is 1. The minimum absolute atomic E-state index is 0.133. The smallest absolute Gasteiger partial charge is 0.475 e. The van der Waals surface area contributed by atoms with E-state index in [1.54, 1.807) is 62.5 Å². The second-order valence-corrected chi connectivity index (χ2v) is 11.9. The number of hydrogen-bond acceptors (Lipinski definition) is 9. The Morgan fingerprint density at radius 3 is 2.12 bits per heavy atom. The van der Waals surface area contributed by atoms with Crippen LogP contribution in [0.1, 0.15) is 34.6 Å². The zero-order valence-electron chi connectivity index (χ0n) is 26.8. The Bertz CT molecular complexity index is 1900. The number of benzene rings is 3. The summed E-state index contributed by atoms with van der Waals surface area (Å²) in [6.07, 6.45) is -5.08. The fourth-order valence-corrected chi connectivity index (χ4v) is 5.59. The third-order valence-corrected chi connectivity index (χ3v) is 8.36. The number of aromatic nitrogens is 1. The molecule has 1 aliphatic heterocycles. The number of halogens is 3. The Kier molecular flexibility index (Phi) is 11.7. The zero-order valence-corrected chi connectivity index (χ0v) is 27.6. The summed E-state index contributed by atoms with van der Waals surface area (Å²) in [7, 11) is 1.62. The van der Waals surface area contributed by atoms with E-state index >= 15 is 0 Å². The number of hydrogen-bond donors (Lipinski definition) is 4. The Hall–Kier alpha value is -5.68. The van der Waals surface area contributed by atoms with Crippen molar-refractivity contribution in [1.82, 2.24) is 15.6 Å². The van der Waals surface area contributed by atoms with Gasteiger partial charge in [-0.2, -0.15) is 13.2 Å². The average molecular weight is 713 g/mol. The number of carboxylic acid groups (broad SMARTS) is 1. The van der Waals surface area contributed by atoms with E-state index in [1.807, 2.05) is 24.3 Å². The molecule has 0 fully saturated rings. The van der Waals surface area contributed by atoms with Gasteiger partial charge in [0.05, 0.1) is 34.2 Å². The lowest BCUT2D eigenvalue weighted by Crippen LogP contribution is -2.56. The monoisotopic (exact) mass is 712 g/mol. The van der Waals surface area contributed by atoms with Crippen LogP contribution in [0.3, 0.4) is 0 Å². The highest BCUT2D eigenvalue weighted by Crippen LogP contribution is 2.34. The van der Waals surface area contributed by atoms with Crippen LogP contribution in [-0.2, 0) is 19.2 Å². The van der Waals surface area contributed by atoms with Crippen molar-refractivity contribution in [2.45, 2.75) is 32.1 Å². The van der Waals surface area contributed by atoms with Crippen LogP contribution in [0, 0.1) is 0 Å². The van der Waals surface area contributed by atoms with E-state index in [1.165, 1.54) is 28.1 Å². The van der Waals surface area contributed by atoms with Gasteiger partial charge in [-0.25, -0.2) is 9.78 Å². The van der Waals surface area contributed by atoms with Crippen molar-refractivity contribution in [1.29, 1.82) is 0 Å². The molecule has 2 heterocycles. The van der Waals surface area contributed by atoms with E-state index in [9.17, 15) is 37.1 Å². The summed E-state index contributed by atoms with van der Waals surface area (Å²) in [4.78, 5) is 81.9. The summed E-state index contributed by atoms with van der Waals surface area (Å²) in [6, 6.07) is 18.7. The van der Waals surface area contributed by atoms with Gasteiger partial charge in [0, 0.05) is 11.1 Å². The molecule has 13 nitrogen and oxygen atoms in total. The molecule has 4 N–H and O–H groups in total. The molecule has 4 amide bonds. The second kappa shape index (κ2) is 15.7. The van der Waals surface area contributed by atoms with Gasteiger partial charge in [-0.05, 0) is 57.3 Å². The SMILES string of the molecule is CN[C@@H](C)C(=O)N[C@H]1CN(C(=O)c2ccc(C(C)=O)cc2)c2ccccc2N(CC(=O)Nc2nc3ccccc3s2)C1=O.O=C(O)C(F)(F)F. The number of thiazole rings is 1. The number of amides is 4. The first kappa shape index (κ1) is 37.1. The van der Waals surface area contributed by atoms with Gasteiger partial charge in [-0.3, -0.25) is 28.9 Å². The number of aliphatic carboxylic acids is 1. The molecule has 0 spiro atoms. The minimum atomic E-state index is -5.08. The highest BCUT2D eigenvalue weighted by Gasteiger charge is 2.39. The van der Waals surface area contributed by atoms with Crippen LogP contribution in [-0.4, -0.2) is 83.9 Å². The molecule has 262 valence electrons. The fourth-order valence-electron chi connectivity index (χ4n) is 4.71. The molecule has 50 heavy (non-hydrogen) atoms. The molecule has 3 aromatic carbocycles. The normalized spacial score (nSPS) is 14.8. The van der Waals surface area contributed by atoms with Gasteiger partial charge in [0.15, 0.2) is 10.9 Å². The number of rotatable bonds is 8. The van der Waals surface area contributed by atoms with Crippen molar-refractivity contribution in [2.75, 3.05) is 35.3 Å². The van der Waals surface area contributed by atoms with Crippen molar-refractivity contribution in [2.24, 2.45) is 0 Å². The van der Waals surface area contributed by atoms with Gasteiger partial charge in [-0.1, -0.05) is 47.7 Å². The summed E-state index contributed by atoms with van der Waals surface area (Å²) in [5, 5.41) is 15.9. The molecule has 0 radical (unpaired) electrons. The van der Waals surface area contributed by atoms with Crippen molar-refractivity contribution in [3.63, 3.8) is 0 Å². The van der Waals surface area contributed by atoms with Crippen LogP contribution in [0.4, 0.5) is 29.7 Å². The number of carbonyl (C=O) groups excluding carboxylic acids is 5. The molecule has 0 saturated carbocycles. The van der Waals surface area contributed by atoms with Crippen LogP contribution in [0.25, 0.3) is 10.2 Å². The maximum atomic E-state index is 14.0. The summed E-state index contributed by atoms with van der Waals surface area (Å²) in [6.45, 7) is 2.53. The van der Waals surface area contributed by atoms with E-state index in [0.717, 1.165) is 10.2 Å². The van der Waals surface area contributed by atoms with E-state index in [4.69, 9.17) is 9.90 Å². The first-order valence-corrected chi connectivity index (χ1v) is 15.7. The first-order valence-electron chi connectivity index (χ1n) is 14.9. The highest BCUT2D eigenvalue weighted by atomic mass is 32.1. The van der Waals surface area contributed by atoms with E-state index in [-0.39, 0.29) is 18.9 Å². The first-order chi connectivity index (χ1) is 23.6. The van der Waals surface area contributed by atoms with Gasteiger partial charge < -0.3 is 26.0 Å². The van der Waals surface area contributed by atoms with Crippen LogP contribution >= 0.6 is 11.3 Å². The Balaban J connectivity index is 0.000000727. The van der Waals surface area contributed by atoms with Gasteiger partial charge in [-0.15, -0.1) is 0 Å². The third-order valence-electron chi connectivity index (χ3n) is 7.40. The number of anilines is 3. The van der Waals surface area contributed by atoms with Crippen molar-refractivity contribution in [3.05, 3.63) is 83.9 Å². The molecule has 1 aliphatic rings. The van der Waals surface area contributed by atoms with Crippen molar-refractivity contribution in [3.8, 4) is 0 Å². The topological polar surface area (TPSA) is 178 Å². The molecule has 4 aromatic rings. The van der Waals surface area contributed by atoms with E-state index < -0.39 is 47.9 Å². The third kappa shape index (κ3) is 8.86. The second-order valence-electron chi connectivity index (χ2n) is 10.9. The minimum Gasteiger partial charge on any atom is -0.475 e. The lowest BCUT2D eigenvalue weighted by molar-refractivity contribution is -0.192. The molecule has 0 saturated heterocycles. The van der Waals surface area contributed by atoms with Crippen molar-refractivity contribution < 1.29 is 47.0 Å². The Labute approximate surface area is 287 Å². The maximum Gasteiger partial charge on any atom is 0.490 e. The summed E-state index contributed by atoms with van der Waals surface area (Å²) in [5.41, 5.74) is 2.22. The van der Waals surface area contributed by atoms with Gasteiger partial charge >= 0.3 is 12.1 Å². The van der Waals surface area contributed by atoms with Crippen LogP contribution < -0.4 is 25.8 Å². The molecule has 17 heteroatoms. The molecule has 0 bridgehead atoms. The standard InChI is InChI=1S/C31H30N6O5S.C2HF3O2/c1-18(32-3)28(40)33-23-16-36(29(41)21-14-12-20(13-15-21)19(2)38)24-9-5-6-10-25(24)37(30(23)42)17-27(39)35-31-34-22-8-4-7-11-26(22)43-31;3-2(4,5)1(6)7/h4-15,18,23,32H,16-17H2,1-3H3,(H,33,40)(H,34,35,39);(H,6,7)/t18-,23-;/m0./s1. The van der Waals surface area contributed by atoms with Crippen LogP contribution in [0.2, 0.25) is 0 Å². The predicted molar refractivity (Wildman–Crippen MR) is 179 cm³/mol. The maximum absolute atomic E-state index is 14.0. The number of ketones is 1. The van der Waals surface area contributed by atoms with Gasteiger partial charge in [0.2, 0.25) is 11.8 Å². The van der Waals surface area contributed by atoms with Gasteiger partial charge in [0.25, 0.3) is 11.8 Å². The number of carboxylic acids is 1. The molecular weight excluding hydrogens is 681 g/mol. The summed E-state index contributed by atoms with van der Waals surface area (Å²) in [5.74, 6) is -4.80. The summed E-state index contributed by atoms with van der Waals surface area (Å²) >= 11 is 1.31. The number of fused-ring (bicyclic) bond motifs is 2. The quantitative estimate of drug-likeness (QED) is 0.198. The number of likely N-dealkylation sites (N-methyl/N-ethyl adjacent to an activating group) is 1. The van der Waals surface area contributed by atoms with Crippen molar-refractivity contribution >= 4 is 73.4 Å². The lowest BCUT2D eigenvalue weighted by atomic mass is 10.1. The number of alkyl halides is 3. The highest BCUT2D eigenvalue weighted by molar-refractivity contribution is 7.22. The van der Waals surface area contributed by atoms with Crippen LogP contribution in [0.5, 0.6) is 0 Å². The largest absolute Gasteiger partial charge is 0.490 e.